The Hall–Kier alpha value is -0.673. The summed E-state index contributed by atoms with van der Waals surface area (Å²) in [7, 11) is -1.83. The highest BCUT2D eigenvalue weighted by Gasteiger charge is 2.39. The Morgan fingerprint density at radius 2 is 1.58 bits per heavy atom. The van der Waals surface area contributed by atoms with Crippen LogP contribution in [-0.2, 0) is 4.43 Å². The molecule has 1 aromatic rings. The summed E-state index contributed by atoms with van der Waals surface area (Å²) in [6.07, 6.45) is 0. The molecule has 3 heteroatoms. The fourth-order valence-electron chi connectivity index (χ4n) is 1.45. The Bertz CT molecular complexity index is 441. The lowest BCUT2D eigenvalue weighted by atomic mass is 10.0. The molecule has 0 aliphatic carbocycles. The lowest BCUT2D eigenvalue weighted by Crippen LogP contribution is -2.42. The molecule has 0 atom stereocenters. The molecule has 0 bridgehead atoms. The van der Waals surface area contributed by atoms with E-state index >= 15 is 0 Å². The minimum atomic E-state index is -1.83. The highest BCUT2D eigenvalue weighted by molar-refractivity contribution is 7.80. The van der Waals surface area contributed by atoms with Crippen LogP contribution in [0.15, 0.2) is 24.3 Å². The first-order valence-electron chi connectivity index (χ1n) is 6.88. The molecular formula is C16H26OSSi. The van der Waals surface area contributed by atoms with Crippen molar-refractivity contribution in [2.75, 3.05) is 0 Å². The Morgan fingerprint density at radius 3 is 1.95 bits per heavy atom. The number of hydrogen-bond donors (Lipinski definition) is 0. The van der Waals surface area contributed by atoms with Gasteiger partial charge in [-0.1, -0.05) is 58.9 Å². The van der Waals surface area contributed by atoms with Gasteiger partial charge in [0, 0.05) is 5.56 Å². The van der Waals surface area contributed by atoms with E-state index in [0.29, 0.717) is 11.0 Å². The standard InChI is InChI=1S/C16H26OSSi/c1-12(2)13-8-10-14(11-9-13)15(18)17-19(6,7)16(3,4)5/h8-12H,1-7H3. The van der Waals surface area contributed by atoms with Crippen LogP contribution in [0.2, 0.25) is 18.1 Å². The summed E-state index contributed by atoms with van der Waals surface area (Å²) < 4.78 is 6.16. The smallest absolute Gasteiger partial charge is 0.251 e. The zero-order chi connectivity index (χ0) is 14.8. The fraction of sp³-hybridized carbons (Fsp3) is 0.562. The van der Waals surface area contributed by atoms with E-state index in [2.05, 4.69) is 72.0 Å². The second kappa shape index (κ2) is 5.76. The van der Waals surface area contributed by atoms with Crippen molar-refractivity contribution >= 4 is 25.6 Å². The highest BCUT2D eigenvalue weighted by Crippen LogP contribution is 2.37. The maximum absolute atomic E-state index is 6.16. The molecule has 0 unspecified atom stereocenters. The molecule has 0 saturated heterocycles. The van der Waals surface area contributed by atoms with Crippen molar-refractivity contribution in [3.63, 3.8) is 0 Å². The normalized spacial score (nSPS) is 12.6. The average Bonchev–Trinajstić information content (AvgIpc) is 2.27. The van der Waals surface area contributed by atoms with E-state index in [0.717, 1.165) is 5.56 Å². The topological polar surface area (TPSA) is 9.23 Å². The molecule has 0 fully saturated rings. The SMILES string of the molecule is CC(C)c1ccc(C(=S)O[Si](C)(C)C(C)(C)C)cc1. The molecule has 0 amide bonds. The molecule has 0 heterocycles. The molecule has 1 nitrogen and oxygen atoms in total. The van der Waals surface area contributed by atoms with Gasteiger partial charge in [-0.3, -0.25) is 0 Å². The summed E-state index contributed by atoms with van der Waals surface area (Å²) in [5, 5.41) is 0.816. The minimum absolute atomic E-state index is 0.176. The van der Waals surface area contributed by atoms with E-state index in [4.69, 9.17) is 16.6 Å². The Labute approximate surface area is 124 Å². The van der Waals surface area contributed by atoms with Gasteiger partial charge in [-0.15, -0.1) is 0 Å². The van der Waals surface area contributed by atoms with Crippen molar-refractivity contribution in [3.05, 3.63) is 35.4 Å². The van der Waals surface area contributed by atoms with Gasteiger partial charge in [0.2, 0.25) is 0 Å². The van der Waals surface area contributed by atoms with Gasteiger partial charge < -0.3 is 4.43 Å². The number of benzene rings is 1. The third-order valence-corrected chi connectivity index (χ3v) is 8.76. The summed E-state index contributed by atoms with van der Waals surface area (Å²) in [4.78, 5) is 0. The van der Waals surface area contributed by atoms with Crippen molar-refractivity contribution in [3.8, 4) is 0 Å². The Kier molecular flexibility index (Phi) is 4.96. The molecule has 19 heavy (non-hydrogen) atoms. The van der Waals surface area contributed by atoms with Crippen LogP contribution in [-0.4, -0.2) is 13.4 Å². The molecule has 0 spiro atoms. The maximum Gasteiger partial charge on any atom is 0.251 e. The fourth-order valence-corrected chi connectivity index (χ4v) is 3.10. The van der Waals surface area contributed by atoms with E-state index in [1.54, 1.807) is 0 Å². The first-order valence-corrected chi connectivity index (χ1v) is 10.2. The minimum Gasteiger partial charge on any atom is -0.536 e. The van der Waals surface area contributed by atoms with Gasteiger partial charge in [0.15, 0.2) is 5.05 Å². The van der Waals surface area contributed by atoms with E-state index in [-0.39, 0.29) is 5.04 Å². The second-order valence-electron chi connectivity index (χ2n) is 6.93. The van der Waals surface area contributed by atoms with Crippen LogP contribution in [0, 0.1) is 0 Å². The molecular weight excluding hydrogens is 268 g/mol. The number of rotatable bonds is 3. The van der Waals surface area contributed by atoms with E-state index in [1.165, 1.54) is 5.56 Å². The summed E-state index contributed by atoms with van der Waals surface area (Å²) in [5.41, 5.74) is 2.35. The zero-order valence-electron chi connectivity index (χ0n) is 13.2. The Balaban J connectivity index is 2.85. The summed E-state index contributed by atoms with van der Waals surface area (Å²) in [5.74, 6) is 0.545. The van der Waals surface area contributed by atoms with Crippen LogP contribution in [0.4, 0.5) is 0 Å². The lowest BCUT2D eigenvalue weighted by molar-refractivity contribution is 0.496. The quantitative estimate of drug-likeness (QED) is 0.537. The molecule has 0 aliphatic rings. The first-order chi connectivity index (χ1) is 8.54. The van der Waals surface area contributed by atoms with Crippen LogP contribution in [0.5, 0.6) is 0 Å². The summed E-state index contributed by atoms with van der Waals surface area (Å²) >= 11 is 5.46. The van der Waals surface area contributed by atoms with Crippen molar-refractivity contribution in [1.82, 2.24) is 0 Å². The largest absolute Gasteiger partial charge is 0.536 e. The zero-order valence-corrected chi connectivity index (χ0v) is 15.0. The van der Waals surface area contributed by atoms with Gasteiger partial charge in [-0.05, 0) is 41.8 Å². The average molecular weight is 295 g/mol. The molecule has 0 saturated carbocycles. The molecule has 0 N–H and O–H groups in total. The summed E-state index contributed by atoms with van der Waals surface area (Å²) in [6, 6.07) is 8.43. The molecule has 106 valence electrons. The predicted molar refractivity (Wildman–Crippen MR) is 90.5 cm³/mol. The van der Waals surface area contributed by atoms with Gasteiger partial charge in [-0.2, -0.15) is 0 Å². The Morgan fingerprint density at radius 1 is 1.11 bits per heavy atom. The third kappa shape index (κ3) is 4.15. The molecule has 1 aromatic carbocycles. The number of thiocarbonyl (C=S) groups is 1. The van der Waals surface area contributed by atoms with Crippen LogP contribution in [0.1, 0.15) is 51.7 Å². The molecule has 0 aliphatic heterocycles. The van der Waals surface area contributed by atoms with Gasteiger partial charge in [0.25, 0.3) is 8.32 Å². The van der Waals surface area contributed by atoms with Crippen molar-refractivity contribution in [2.24, 2.45) is 0 Å². The highest BCUT2D eigenvalue weighted by atomic mass is 32.1. The molecule has 0 radical (unpaired) electrons. The molecule has 0 aromatic heterocycles. The van der Waals surface area contributed by atoms with Gasteiger partial charge in [0.05, 0.1) is 0 Å². The van der Waals surface area contributed by atoms with Crippen LogP contribution in [0.3, 0.4) is 0 Å². The van der Waals surface area contributed by atoms with Crippen LogP contribution < -0.4 is 0 Å². The van der Waals surface area contributed by atoms with E-state index in [9.17, 15) is 0 Å². The summed E-state index contributed by atoms with van der Waals surface area (Å²) in [6.45, 7) is 15.5. The van der Waals surface area contributed by atoms with Crippen molar-refractivity contribution < 1.29 is 4.43 Å². The number of hydrogen-bond acceptors (Lipinski definition) is 2. The van der Waals surface area contributed by atoms with Crippen LogP contribution in [0.25, 0.3) is 0 Å². The monoisotopic (exact) mass is 294 g/mol. The first kappa shape index (κ1) is 16.4. The van der Waals surface area contributed by atoms with Crippen molar-refractivity contribution in [2.45, 2.75) is 58.7 Å². The van der Waals surface area contributed by atoms with E-state index < -0.39 is 8.32 Å². The van der Waals surface area contributed by atoms with Crippen molar-refractivity contribution in [1.29, 1.82) is 0 Å². The second-order valence-corrected chi connectivity index (χ2v) is 12.0. The van der Waals surface area contributed by atoms with Crippen LogP contribution >= 0.6 is 12.2 Å². The maximum atomic E-state index is 6.16. The van der Waals surface area contributed by atoms with E-state index in [1.807, 2.05) is 0 Å². The van der Waals surface area contributed by atoms with Gasteiger partial charge in [-0.25, -0.2) is 0 Å². The van der Waals surface area contributed by atoms with Gasteiger partial charge >= 0.3 is 0 Å². The lowest BCUT2D eigenvalue weighted by Gasteiger charge is -2.36. The van der Waals surface area contributed by atoms with Gasteiger partial charge in [0.1, 0.15) is 0 Å². The third-order valence-electron chi connectivity index (χ3n) is 3.97. The molecule has 1 rings (SSSR count). The predicted octanol–water partition coefficient (Wildman–Crippen LogP) is 5.51.